The zero-order valence-corrected chi connectivity index (χ0v) is 11.9. The highest BCUT2D eigenvalue weighted by atomic mass is 16.6. The van der Waals surface area contributed by atoms with Crippen LogP contribution >= 0.6 is 0 Å². The number of fused-ring (bicyclic) bond motifs is 3. The first kappa shape index (κ1) is 13.7. The summed E-state index contributed by atoms with van der Waals surface area (Å²) < 4.78 is 17.8. The number of nitrogens with two attached hydrogens (primary N) is 1. The second-order valence-electron chi connectivity index (χ2n) is 5.08. The molecular weight excluding hydrogens is 274 g/mol. The summed E-state index contributed by atoms with van der Waals surface area (Å²) in [6.07, 6.45) is 0.968. The molecule has 0 unspecified atom stereocenters. The third kappa shape index (κ3) is 2.40. The maximum absolute atomic E-state index is 11.6. The van der Waals surface area contributed by atoms with E-state index in [-0.39, 0.29) is 12.6 Å². The van der Waals surface area contributed by atoms with Crippen molar-refractivity contribution in [2.45, 2.75) is 25.6 Å². The van der Waals surface area contributed by atoms with Crippen molar-refractivity contribution in [3.05, 3.63) is 18.3 Å². The van der Waals surface area contributed by atoms with Gasteiger partial charge in [-0.2, -0.15) is 5.10 Å². The van der Waals surface area contributed by atoms with E-state index in [2.05, 4.69) is 5.10 Å². The van der Waals surface area contributed by atoms with Gasteiger partial charge in [-0.15, -0.1) is 0 Å². The quantitative estimate of drug-likeness (QED) is 0.837. The van der Waals surface area contributed by atoms with E-state index in [1.54, 1.807) is 10.9 Å². The standard InChI is InChI=1S/C14H17N3O4/c1-8(15)6-17-12-9(5-16-17)3-4-10-13(12)21-11(7-20-10)14(18)19-2/h3-5,8,11H,6-7,15H2,1-2H3/t8-,11-/m0/s1. The minimum Gasteiger partial charge on any atom is -0.485 e. The topological polar surface area (TPSA) is 88.6 Å². The van der Waals surface area contributed by atoms with Crippen LogP contribution in [0.2, 0.25) is 0 Å². The molecule has 1 aromatic carbocycles. The monoisotopic (exact) mass is 291 g/mol. The van der Waals surface area contributed by atoms with Gasteiger partial charge in [0.2, 0.25) is 6.10 Å². The first-order chi connectivity index (χ1) is 10.1. The molecule has 1 aliphatic rings. The van der Waals surface area contributed by atoms with Gasteiger partial charge in [0.25, 0.3) is 0 Å². The van der Waals surface area contributed by atoms with E-state index in [1.807, 2.05) is 19.1 Å². The Bertz CT molecular complexity index is 680. The third-order valence-corrected chi connectivity index (χ3v) is 3.30. The first-order valence-electron chi connectivity index (χ1n) is 6.71. The summed E-state index contributed by atoms with van der Waals surface area (Å²) in [4.78, 5) is 11.6. The molecule has 7 nitrogen and oxygen atoms in total. The van der Waals surface area contributed by atoms with Crippen molar-refractivity contribution >= 4 is 16.9 Å². The zero-order valence-electron chi connectivity index (χ0n) is 11.9. The molecule has 7 heteroatoms. The number of hydrogen-bond donors (Lipinski definition) is 1. The van der Waals surface area contributed by atoms with Gasteiger partial charge in [0.15, 0.2) is 11.5 Å². The Morgan fingerprint density at radius 3 is 3.14 bits per heavy atom. The molecule has 0 amide bonds. The van der Waals surface area contributed by atoms with E-state index in [4.69, 9.17) is 19.9 Å². The van der Waals surface area contributed by atoms with Gasteiger partial charge in [0.1, 0.15) is 12.1 Å². The summed E-state index contributed by atoms with van der Waals surface area (Å²) in [5.74, 6) is 0.636. The van der Waals surface area contributed by atoms with Crippen LogP contribution in [0.15, 0.2) is 18.3 Å². The molecule has 21 heavy (non-hydrogen) atoms. The Morgan fingerprint density at radius 2 is 2.43 bits per heavy atom. The smallest absolute Gasteiger partial charge is 0.350 e. The number of benzene rings is 1. The molecule has 0 fully saturated rings. The number of hydrogen-bond acceptors (Lipinski definition) is 6. The molecule has 2 aromatic rings. The lowest BCUT2D eigenvalue weighted by molar-refractivity contribution is -0.151. The second-order valence-corrected chi connectivity index (χ2v) is 5.08. The fourth-order valence-corrected chi connectivity index (χ4v) is 2.36. The Morgan fingerprint density at radius 1 is 1.62 bits per heavy atom. The van der Waals surface area contributed by atoms with Crippen LogP contribution in [0, 0.1) is 0 Å². The summed E-state index contributed by atoms with van der Waals surface area (Å²) in [5.41, 5.74) is 6.62. The van der Waals surface area contributed by atoms with E-state index in [9.17, 15) is 4.79 Å². The summed E-state index contributed by atoms with van der Waals surface area (Å²) in [5, 5.41) is 5.22. The number of methoxy groups -OCH3 is 1. The summed E-state index contributed by atoms with van der Waals surface area (Å²) in [6.45, 7) is 2.58. The molecule has 0 bridgehead atoms. The Kier molecular flexibility index (Phi) is 3.42. The summed E-state index contributed by atoms with van der Waals surface area (Å²) in [7, 11) is 1.32. The van der Waals surface area contributed by atoms with Crippen LogP contribution in [0.5, 0.6) is 11.5 Å². The van der Waals surface area contributed by atoms with Crippen LogP contribution in [0.3, 0.4) is 0 Å². The predicted molar refractivity (Wildman–Crippen MR) is 75.3 cm³/mol. The van der Waals surface area contributed by atoms with Gasteiger partial charge in [0, 0.05) is 11.4 Å². The lowest BCUT2D eigenvalue weighted by atomic mass is 10.2. The molecule has 1 aliphatic heterocycles. The lowest BCUT2D eigenvalue weighted by Crippen LogP contribution is -2.37. The SMILES string of the molecule is COC(=O)[C@@H]1COc2ccc3cnn(C[C@H](C)N)c3c2O1. The van der Waals surface area contributed by atoms with Crippen molar-refractivity contribution in [3.8, 4) is 11.5 Å². The fraction of sp³-hybridized carbons (Fsp3) is 0.429. The molecule has 0 saturated carbocycles. The zero-order chi connectivity index (χ0) is 15.0. The van der Waals surface area contributed by atoms with E-state index in [0.29, 0.717) is 18.0 Å². The third-order valence-electron chi connectivity index (χ3n) is 3.30. The fourth-order valence-electron chi connectivity index (χ4n) is 2.36. The van der Waals surface area contributed by atoms with Gasteiger partial charge < -0.3 is 19.9 Å². The number of carbonyl (C=O) groups is 1. The van der Waals surface area contributed by atoms with Gasteiger partial charge in [0.05, 0.1) is 19.9 Å². The highest BCUT2D eigenvalue weighted by Gasteiger charge is 2.30. The van der Waals surface area contributed by atoms with E-state index in [1.165, 1.54) is 7.11 Å². The van der Waals surface area contributed by atoms with Gasteiger partial charge >= 0.3 is 5.97 Å². The Labute approximate surface area is 121 Å². The number of nitrogens with zero attached hydrogens (tertiary/aromatic N) is 2. The largest absolute Gasteiger partial charge is 0.485 e. The molecule has 2 atom stereocenters. The van der Waals surface area contributed by atoms with Gasteiger partial charge in [-0.1, -0.05) is 0 Å². The Balaban J connectivity index is 2.06. The van der Waals surface area contributed by atoms with E-state index >= 15 is 0 Å². The number of rotatable bonds is 3. The average molecular weight is 291 g/mol. The molecule has 2 heterocycles. The normalized spacial score (nSPS) is 18.5. The molecule has 3 rings (SSSR count). The van der Waals surface area contributed by atoms with Crippen molar-refractivity contribution in [1.82, 2.24) is 9.78 Å². The van der Waals surface area contributed by atoms with Crippen LogP contribution < -0.4 is 15.2 Å². The summed E-state index contributed by atoms with van der Waals surface area (Å²) in [6, 6.07) is 3.66. The number of esters is 1. The maximum Gasteiger partial charge on any atom is 0.350 e. The number of ether oxygens (including phenoxy) is 3. The van der Waals surface area contributed by atoms with Crippen molar-refractivity contribution in [2.75, 3.05) is 13.7 Å². The molecular formula is C14H17N3O4. The van der Waals surface area contributed by atoms with Crippen LogP contribution in [0.25, 0.3) is 10.9 Å². The lowest BCUT2D eigenvalue weighted by Gasteiger charge is -2.25. The molecule has 112 valence electrons. The van der Waals surface area contributed by atoms with Crippen LogP contribution in [0.4, 0.5) is 0 Å². The van der Waals surface area contributed by atoms with E-state index < -0.39 is 12.1 Å². The second kappa shape index (κ2) is 5.25. The molecule has 0 saturated heterocycles. The van der Waals surface area contributed by atoms with Crippen LogP contribution in [-0.2, 0) is 16.1 Å². The van der Waals surface area contributed by atoms with Crippen molar-refractivity contribution in [1.29, 1.82) is 0 Å². The Hall–Kier alpha value is -2.28. The average Bonchev–Trinajstić information content (AvgIpc) is 2.88. The molecule has 2 N–H and O–H groups in total. The van der Waals surface area contributed by atoms with Crippen molar-refractivity contribution in [3.63, 3.8) is 0 Å². The van der Waals surface area contributed by atoms with Crippen LogP contribution in [-0.4, -0.2) is 41.6 Å². The molecule has 0 radical (unpaired) electrons. The summed E-state index contributed by atoms with van der Waals surface area (Å²) >= 11 is 0. The highest BCUT2D eigenvalue weighted by molar-refractivity contribution is 5.88. The highest BCUT2D eigenvalue weighted by Crippen LogP contribution is 2.39. The minimum absolute atomic E-state index is 0.0510. The van der Waals surface area contributed by atoms with Gasteiger partial charge in [-0.3, -0.25) is 4.68 Å². The van der Waals surface area contributed by atoms with Crippen molar-refractivity contribution < 1.29 is 19.0 Å². The van der Waals surface area contributed by atoms with Gasteiger partial charge in [-0.25, -0.2) is 4.79 Å². The number of aromatic nitrogens is 2. The van der Waals surface area contributed by atoms with Crippen LogP contribution in [0.1, 0.15) is 6.92 Å². The predicted octanol–water partition coefficient (Wildman–Crippen LogP) is 0.696. The maximum atomic E-state index is 11.6. The van der Waals surface area contributed by atoms with Crippen molar-refractivity contribution in [2.24, 2.45) is 5.73 Å². The molecule has 0 aliphatic carbocycles. The first-order valence-corrected chi connectivity index (χ1v) is 6.71. The molecule has 0 spiro atoms. The minimum atomic E-state index is -0.772. The molecule has 1 aromatic heterocycles. The van der Waals surface area contributed by atoms with E-state index in [0.717, 1.165) is 10.9 Å². The number of carbonyl (C=O) groups excluding carboxylic acids is 1. The van der Waals surface area contributed by atoms with Gasteiger partial charge in [-0.05, 0) is 19.1 Å².